The van der Waals surface area contributed by atoms with Gasteiger partial charge in [-0.15, -0.1) is 0 Å². The Bertz CT molecular complexity index is 870. The Morgan fingerprint density at radius 3 is 2.47 bits per heavy atom. The summed E-state index contributed by atoms with van der Waals surface area (Å²) in [6.45, 7) is 8.73. The van der Waals surface area contributed by atoms with Crippen LogP contribution in [-0.2, 0) is 16.1 Å². The number of benzene rings is 1. The first-order valence-corrected chi connectivity index (χ1v) is 14.2. The molecule has 3 aliphatic rings. The number of piperidine rings is 1. The molecule has 2 fully saturated rings. The lowest BCUT2D eigenvalue weighted by Gasteiger charge is -2.36. The molecule has 1 atom stereocenters. The lowest BCUT2D eigenvalue weighted by atomic mass is 9.98. The summed E-state index contributed by atoms with van der Waals surface area (Å²) in [5, 5.41) is 3.20. The maximum Gasteiger partial charge on any atom is 0.251 e. The number of ether oxygens (including phenoxy) is 1. The first-order chi connectivity index (χ1) is 17.5. The van der Waals surface area contributed by atoms with E-state index in [1.165, 1.54) is 32.1 Å². The van der Waals surface area contributed by atoms with Crippen LogP contribution in [0.15, 0.2) is 18.2 Å². The summed E-state index contributed by atoms with van der Waals surface area (Å²) in [5.74, 6) is 0.572. The summed E-state index contributed by atoms with van der Waals surface area (Å²) >= 11 is 0. The lowest BCUT2D eigenvalue weighted by molar-refractivity contribution is -0.116. The second-order valence-electron chi connectivity index (χ2n) is 11.1. The Balaban J connectivity index is 1.57. The van der Waals surface area contributed by atoms with E-state index >= 15 is 0 Å². The highest BCUT2D eigenvalue weighted by atomic mass is 16.5. The van der Waals surface area contributed by atoms with Gasteiger partial charge in [0.15, 0.2) is 0 Å². The molecular formula is C29H46N4O3. The monoisotopic (exact) mass is 498 g/mol. The molecule has 4 rings (SSSR count). The fraction of sp³-hybridized carbons (Fsp3) is 0.724. The molecule has 3 aliphatic heterocycles. The van der Waals surface area contributed by atoms with Crippen molar-refractivity contribution >= 4 is 17.5 Å². The molecule has 0 bridgehead atoms. The van der Waals surface area contributed by atoms with Crippen molar-refractivity contribution in [2.45, 2.75) is 77.3 Å². The molecule has 7 nitrogen and oxygen atoms in total. The number of likely N-dealkylation sites (tertiary alicyclic amines) is 1. The van der Waals surface area contributed by atoms with Crippen LogP contribution in [0.1, 0.15) is 80.6 Å². The second kappa shape index (κ2) is 13.5. The largest absolute Gasteiger partial charge is 0.381 e. The van der Waals surface area contributed by atoms with Crippen LogP contribution in [0.2, 0.25) is 0 Å². The topological polar surface area (TPSA) is 65.1 Å². The maximum absolute atomic E-state index is 13.2. The fourth-order valence-electron chi connectivity index (χ4n) is 6.12. The van der Waals surface area contributed by atoms with E-state index in [0.29, 0.717) is 24.1 Å². The van der Waals surface area contributed by atoms with Crippen molar-refractivity contribution in [3.8, 4) is 0 Å². The third-order valence-corrected chi connectivity index (χ3v) is 8.19. The minimum Gasteiger partial charge on any atom is -0.381 e. The Labute approximate surface area is 217 Å². The molecule has 7 heteroatoms. The Kier molecular flexibility index (Phi) is 10.2. The smallest absolute Gasteiger partial charge is 0.251 e. The number of hydrogen-bond acceptors (Lipinski definition) is 5. The van der Waals surface area contributed by atoms with Crippen molar-refractivity contribution in [2.24, 2.45) is 5.92 Å². The average Bonchev–Trinajstić information content (AvgIpc) is 2.88. The zero-order valence-corrected chi connectivity index (χ0v) is 22.5. The second-order valence-corrected chi connectivity index (χ2v) is 11.1. The van der Waals surface area contributed by atoms with Gasteiger partial charge in [-0.1, -0.05) is 19.3 Å². The molecule has 1 aromatic rings. The van der Waals surface area contributed by atoms with Gasteiger partial charge in [-0.05, 0) is 88.3 Å². The molecule has 2 saturated heterocycles. The molecule has 200 valence electrons. The van der Waals surface area contributed by atoms with Crippen LogP contribution in [0.25, 0.3) is 0 Å². The van der Waals surface area contributed by atoms with Crippen LogP contribution < -0.4 is 10.2 Å². The van der Waals surface area contributed by atoms with Crippen molar-refractivity contribution in [2.75, 3.05) is 57.9 Å². The van der Waals surface area contributed by atoms with E-state index in [4.69, 9.17) is 4.74 Å². The zero-order chi connectivity index (χ0) is 25.3. The molecule has 1 unspecified atom stereocenters. The highest BCUT2D eigenvalue weighted by Gasteiger charge is 2.25. The van der Waals surface area contributed by atoms with Crippen molar-refractivity contribution < 1.29 is 14.3 Å². The van der Waals surface area contributed by atoms with Crippen molar-refractivity contribution in [3.05, 3.63) is 29.3 Å². The Morgan fingerprint density at radius 2 is 1.72 bits per heavy atom. The minimum absolute atomic E-state index is 0.0101. The van der Waals surface area contributed by atoms with Gasteiger partial charge in [-0.3, -0.25) is 14.5 Å². The summed E-state index contributed by atoms with van der Waals surface area (Å²) < 4.78 is 5.64. The highest BCUT2D eigenvalue weighted by Crippen LogP contribution is 2.28. The first-order valence-electron chi connectivity index (χ1n) is 14.2. The van der Waals surface area contributed by atoms with Crippen LogP contribution in [0.3, 0.4) is 0 Å². The number of hydrogen-bond donors (Lipinski definition) is 1. The van der Waals surface area contributed by atoms with E-state index in [9.17, 15) is 9.59 Å². The number of carbonyl (C=O) groups excluding carboxylic acids is 2. The van der Waals surface area contributed by atoms with E-state index in [-0.39, 0.29) is 11.8 Å². The van der Waals surface area contributed by atoms with Crippen LogP contribution in [-0.4, -0.2) is 80.6 Å². The van der Waals surface area contributed by atoms with Crippen molar-refractivity contribution in [1.29, 1.82) is 0 Å². The van der Waals surface area contributed by atoms with E-state index in [2.05, 4.69) is 22.2 Å². The number of anilines is 1. The summed E-state index contributed by atoms with van der Waals surface area (Å²) in [7, 11) is 2.16. The third kappa shape index (κ3) is 7.53. The summed E-state index contributed by atoms with van der Waals surface area (Å²) in [6.07, 6.45) is 10.2. The number of rotatable bonds is 4. The minimum atomic E-state index is -0.0101. The number of fused-ring (bicyclic) bond motifs is 1. The average molecular weight is 499 g/mol. The summed E-state index contributed by atoms with van der Waals surface area (Å²) in [5.41, 5.74) is 2.74. The van der Waals surface area contributed by atoms with Gasteiger partial charge < -0.3 is 19.9 Å². The molecule has 0 aromatic heterocycles. The summed E-state index contributed by atoms with van der Waals surface area (Å²) in [4.78, 5) is 32.8. The summed E-state index contributed by atoms with van der Waals surface area (Å²) in [6, 6.07) is 6.45. The van der Waals surface area contributed by atoms with Crippen LogP contribution in [0.4, 0.5) is 5.69 Å². The molecular weight excluding hydrogens is 452 g/mol. The molecule has 2 amide bonds. The van der Waals surface area contributed by atoms with Crippen molar-refractivity contribution in [3.63, 3.8) is 0 Å². The van der Waals surface area contributed by atoms with Gasteiger partial charge in [0.2, 0.25) is 5.91 Å². The van der Waals surface area contributed by atoms with E-state index in [1.807, 2.05) is 23.1 Å². The Hall–Kier alpha value is -1.96. The maximum atomic E-state index is 13.2. The molecule has 0 aliphatic carbocycles. The number of carbonyl (C=O) groups is 2. The fourth-order valence-corrected chi connectivity index (χ4v) is 6.12. The quantitative estimate of drug-likeness (QED) is 0.678. The van der Waals surface area contributed by atoms with Gasteiger partial charge in [0, 0.05) is 63.6 Å². The molecule has 1 aromatic carbocycles. The molecule has 0 saturated carbocycles. The van der Waals surface area contributed by atoms with Gasteiger partial charge in [0.05, 0.1) is 0 Å². The number of nitrogens with zero attached hydrogens (tertiary/aromatic N) is 3. The molecule has 0 radical (unpaired) electrons. The molecule has 1 N–H and O–H groups in total. The number of amides is 2. The van der Waals surface area contributed by atoms with E-state index in [1.54, 1.807) is 6.92 Å². The predicted octanol–water partition coefficient (Wildman–Crippen LogP) is 4.06. The van der Waals surface area contributed by atoms with Crippen molar-refractivity contribution in [1.82, 2.24) is 15.1 Å². The van der Waals surface area contributed by atoms with E-state index in [0.717, 1.165) is 82.9 Å². The van der Waals surface area contributed by atoms with Crippen LogP contribution in [0.5, 0.6) is 0 Å². The van der Waals surface area contributed by atoms with Crippen LogP contribution in [0, 0.1) is 5.92 Å². The standard InChI is InChI=1S/C29H46N4O3/c1-23(34)33-16-7-5-3-4-6-15-32(27-12-17-36-18-13-27)22-26-19-25(10-11-28(26)33)29(35)30-20-24-9-8-14-31(2)21-24/h10-11,19,24,27H,3-9,12-18,20-22H2,1-2H3,(H,30,35). The third-order valence-electron chi connectivity index (χ3n) is 8.19. The van der Waals surface area contributed by atoms with Gasteiger partial charge in [0.25, 0.3) is 5.91 Å². The van der Waals surface area contributed by atoms with Gasteiger partial charge in [-0.25, -0.2) is 0 Å². The SMILES string of the molecule is CC(=O)N1CCCCCCCN(C2CCOCC2)Cc2cc(C(=O)NCC3CCCN(C)C3)ccc21. The Morgan fingerprint density at radius 1 is 0.972 bits per heavy atom. The molecule has 0 spiro atoms. The molecule has 3 heterocycles. The zero-order valence-electron chi connectivity index (χ0n) is 22.5. The first kappa shape index (κ1) is 27.1. The van der Waals surface area contributed by atoms with Gasteiger partial charge in [0.1, 0.15) is 0 Å². The van der Waals surface area contributed by atoms with Crippen LogP contribution >= 0.6 is 0 Å². The highest BCUT2D eigenvalue weighted by molar-refractivity contribution is 5.97. The predicted molar refractivity (Wildman–Crippen MR) is 144 cm³/mol. The van der Waals surface area contributed by atoms with Gasteiger partial charge in [-0.2, -0.15) is 0 Å². The number of nitrogens with one attached hydrogen (secondary N) is 1. The van der Waals surface area contributed by atoms with E-state index < -0.39 is 0 Å². The lowest BCUT2D eigenvalue weighted by Crippen LogP contribution is -2.40. The van der Waals surface area contributed by atoms with Gasteiger partial charge >= 0.3 is 0 Å². The molecule has 36 heavy (non-hydrogen) atoms. The normalized spacial score (nSPS) is 23.8.